The van der Waals surface area contributed by atoms with Gasteiger partial charge >= 0.3 is 150 Å². The van der Waals surface area contributed by atoms with E-state index in [2.05, 4.69) is 52.7 Å². The van der Waals surface area contributed by atoms with E-state index in [1.807, 2.05) is 34.7 Å². The van der Waals surface area contributed by atoms with Crippen molar-refractivity contribution in [1.29, 1.82) is 0 Å². The summed E-state index contributed by atoms with van der Waals surface area (Å²) in [5.41, 5.74) is 2.56. The molecule has 0 fully saturated rings. The number of fused-ring (bicyclic) bond motifs is 2. The molecule has 0 radical (unpaired) electrons. The second-order valence-electron chi connectivity index (χ2n) is 9.82. The molecule has 20 heteroatoms. The molecule has 6 rings (SSSR count). The minimum Gasteiger partial charge on any atom is -1.00 e. The number of ketones is 2. The first-order valence-corrected chi connectivity index (χ1v) is 16.9. The first kappa shape index (κ1) is 51.9. The molecule has 52 heavy (non-hydrogen) atoms. The van der Waals surface area contributed by atoms with Gasteiger partial charge in [-0.05, 0) is 103 Å². The third kappa shape index (κ3) is 15.5. The fraction of sp³-hybridized carbons (Fsp3) is 0.344. The maximum absolute atomic E-state index is 12.2. The molecule has 0 spiro atoms. The van der Waals surface area contributed by atoms with Crippen molar-refractivity contribution in [3.63, 3.8) is 0 Å². The Morgan fingerprint density at radius 3 is 1.98 bits per heavy atom. The molecule has 0 aliphatic heterocycles. The van der Waals surface area contributed by atoms with Crippen LogP contribution in [0.2, 0.25) is 0 Å². The van der Waals surface area contributed by atoms with Gasteiger partial charge < -0.3 is 21.0 Å². The van der Waals surface area contributed by atoms with E-state index in [0.717, 1.165) is 37.8 Å². The summed E-state index contributed by atoms with van der Waals surface area (Å²) in [7, 11) is 0. The predicted molar refractivity (Wildman–Crippen MR) is 191 cm³/mol. The van der Waals surface area contributed by atoms with Crippen molar-refractivity contribution in [2.24, 2.45) is 0 Å². The van der Waals surface area contributed by atoms with E-state index in [0.29, 0.717) is 36.2 Å². The normalized spacial score (nSPS) is 12.0. The Morgan fingerprint density at radius 2 is 1.46 bits per heavy atom. The molecule has 1 N–H and O–H groups in total. The molecule has 2 aliphatic rings. The first-order chi connectivity index (χ1) is 23.6. The van der Waals surface area contributed by atoms with Crippen LogP contribution >= 0.6 is 45.2 Å². The second-order valence-corrected chi connectivity index (χ2v) is 12.3. The quantitative estimate of drug-likeness (QED) is 0.0596. The number of halogens is 3. The predicted octanol–water partition coefficient (Wildman–Crippen LogP) is -1.31. The number of carbonyl (C=O) groups excluding carboxylic acids is 5. The van der Waals surface area contributed by atoms with E-state index in [-0.39, 0.29) is 189 Å². The van der Waals surface area contributed by atoms with E-state index in [9.17, 15) is 23.6 Å². The molecule has 0 amide bonds. The van der Waals surface area contributed by atoms with Gasteiger partial charge in [-0.3, -0.25) is 19.5 Å². The van der Waals surface area contributed by atoms with Gasteiger partial charge in [0.1, 0.15) is 0 Å². The Hall–Kier alpha value is -0.0761. The third-order valence-corrected chi connectivity index (χ3v) is 7.96. The van der Waals surface area contributed by atoms with Crippen LogP contribution in [0, 0.1) is 13.1 Å². The van der Waals surface area contributed by atoms with E-state index in [1.54, 1.807) is 30.8 Å². The Morgan fingerprint density at radius 1 is 0.923 bits per heavy atom. The van der Waals surface area contributed by atoms with Crippen LogP contribution in [0.3, 0.4) is 0 Å². The molecule has 4 aromatic heterocycles. The van der Waals surface area contributed by atoms with Crippen LogP contribution in [0.15, 0.2) is 36.7 Å². The monoisotopic (exact) mass is 1190 g/mol. The molecule has 0 aromatic carbocycles. The summed E-state index contributed by atoms with van der Waals surface area (Å²) in [6, 6.07) is 6.85. The summed E-state index contributed by atoms with van der Waals surface area (Å²) in [4.78, 5) is 66.3. The number of pyridine rings is 2. The van der Waals surface area contributed by atoms with Crippen LogP contribution in [0.5, 0.6) is 0 Å². The molecular formula is C32H35Cs2FI2N6O9. The maximum Gasteiger partial charge on any atom is 1.00 e. The average Bonchev–Trinajstić information content (AvgIpc) is 3.70. The number of hydrogen-bond acceptors (Lipinski definition) is 13. The fourth-order valence-corrected chi connectivity index (χ4v) is 5.55. The largest absolute Gasteiger partial charge is 1.00 e. The van der Waals surface area contributed by atoms with Gasteiger partial charge in [0, 0.05) is 44.1 Å². The van der Waals surface area contributed by atoms with Gasteiger partial charge in [-0.15, -0.1) is 0 Å². The molecule has 4 heterocycles. The van der Waals surface area contributed by atoms with Crippen molar-refractivity contribution in [3.05, 3.63) is 83.6 Å². The van der Waals surface area contributed by atoms with Crippen molar-refractivity contribution >= 4 is 75.2 Å². The number of ether oxygens (including phenoxy) is 2. The minimum atomic E-state index is -0.557. The van der Waals surface area contributed by atoms with Crippen molar-refractivity contribution in [2.75, 3.05) is 13.2 Å². The number of H-pyrrole nitrogens is 1. The Kier molecular flexibility index (Phi) is 27.5. The van der Waals surface area contributed by atoms with Crippen LogP contribution in [-0.4, -0.2) is 73.1 Å². The smallest absolute Gasteiger partial charge is 1.00 e. The first-order valence-electron chi connectivity index (χ1n) is 14.8. The number of aryl methyl sites for hydroxylation is 1. The molecule has 4 aromatic rings. The number of Topliss-reactive ketones (excluding diaryl/α,β-unsaturated/α-hetero) is 2. The van der Waals surface area contributed by atoms with Crippen molar-refractivity contribution in [1.82, 2.24) is 29.9 Å². The zero-order valence-electron chi connectivity index (χ0n) is 29.2. The van der Waals surface area contributed by atoms with Gasteiger partial charge in [0.25, 0.3) is 6.47 Å². The third-order valence-electron chi connectivity index (χ3n) is 6.62. The second kappa shape index (κ2) is 27.5. The summed E-state index contributed by atoms with van der Waals surface area (Å²) in [5, 5.41) is 19.3. The number of esters is 2. The number of rotatable bonds is 6. The van der Waals surface area contributed by atoms with Gasteiger partial charge in [0.15, 0.2) is 28.8 Å². The molecule has 270 valence electrons. The Labute approximate surface area is 446 Å². The summed E-state index contributed by atoms with van der Waals surface area (Å²) in [6.07, 6.45) is 7.08. The average molecular weight is 1190 g/mol. The minimum absolute atomic E-state index is 0. The molecule has 0 unspecified atom stereocenters. The molecule has 0 atom stereocenters. The fourth-order valence-electron chi connectivity index (χ4n) is 4.70. The zero-order chi connectivity index (χ0) is 35.9. The number of hydrogen-bond donors (Lipinski definition) is 1. The Balaban J connectivity index is 0. The number of nitrogens with one attached hydrogen (secondary N) is 1. The van der Waals surface area contributed by atoms with Gasteiger partial charge in [0.05, 0.1) is 30.0 Å². The number of aromatic nitrogens is 6. The van der Waals surface area contributed by atoms with E-state index in [1.165, 1.54) is 12.3 Å². The summed E-state index contributed by atoms with van der Waals surface area (Å²) in [5.74, 6) is -0.969. The summed E-state index contributed by atoms with van der Waals surface area (Å²) < 4.78 is 25.4. The summed E-state index contributed by atoms with van der Waals surface area (Å²) in [6.45, 7) is 3.80. The van der Waals surface area contributed by atoms with Crippen LogP contribution in [-0.2, 0) is 32.0 Å². The van der Waals surface area contributed by atoms with Crippen LogP contribution in [0.1, 0.15) is 101 Å². The van der Waals surface area contributed by atoms with E-state index in [4.69, 9.17) is 19.5 Å². The Bertz CT molecular complexity index is 1800. The molecule has 0 bridgehead atoms. The van der Waals surface area contributed by atoms with Crippen LogP contribution in [0.25, 0.3) is 5.82 Å². The standard InChI is InChI=1S/C15H14IN3O3.C10H12N2O3.C5H3FIN.CH2O3.CH4.2Cs.H/c1-2-22-15(21)14-13-10(4-3-5-11(13)20)19(18-14)12-8-9(16)6-7-17-12;1-2-15-10(14)9-8-6(11-12-9)4-3-5-7(8)13;6-5-3-4(7)1-2-8-5;2-1-4-3;;;;/h6-8H,2-5H2,1H3;2-5H2,1H3,(H,11,12);1-3H;1,3H;1H4;;;/q;;;;;2*+1;-1/p-1. The van der Waals surface area contributed by atoms with Crippen LogP contribution in [0.4, 0.5) is 4.39 Å². The van der Waals surface area contributed by atoms with E-state index < -0.39 is 17.9 Å². The van der Waals surface area contributed by atoms with Gasteiger partial charge in [-0.2, -0.15) is 14.6 Å². The molecule has 0 saturated carbocycles. The number of nitrogens with zero attached hydrogens (tertiary/aromatic N) is 5. The molecule has 0 saturated heterocycles. The van der Waals surface area contributed by atoms with Crippen molar-refractivity contribution in [3.8, 4) is 5.82 Å². The van der Waals surface area contributed by atoms with Crippen molar-refractivity contribution in [2.45, 2.75) is 59.8 Å². The summed E-state index contributed by atoms with van der Waals surface area (Å²) >= 11 is 4.21. The molecule has 2 aliphatic carbocycles. The van der Waals surface area contributed by atoms with Gasteiger partial charge in [-0.1, -0.05) is 7.43 Å². The zero-order valence-corrected chi connectivity index (χ0v) is 45.1. The maximum atomic E-state index is 12.2. The molecule has 15 nitrogen and oxygen atoms in total. The van der Waals surface area contributed by atoms with Crippen LogP contribution < -0.4 is 143 Å². The number of carbonyl (C=O) groups is 5. The van der Waals surface area contributed by atoms with E-state index >= 15 is 0 Å². The van der Waals surface area contributed by atoms with Gasteiger partial charge in [-0.25, -0.2) is 24.2 Å². The topological polar surface area (TPSA) is 208 Å². The SMILES string of the molecule is C.CCOC(=O)c1n[nH]c2c1C(=O)CCC2.CCOC(=O)c1nn(-c2cc(I)ccn2)c2c1C(=O)CCC2.Fc1cc(I)ccn1.O=CO[O-].[Cs+].[Cs+].[H-]. The van der Waals surface area contributed by atoms with Crippen molar-refractivity contribution < 1.29 is 187 Å². The number of aromatic amines is 1. The molecular weight excluding hydrogens is 1150 g/mol. The van der Waals surface area contributed by atoms with Gasteiger partial charge in [0.2, 0.25) is 5.95 Å².